The van der Waals surface area contributed by atoms with Crippen LogP contribution in [0.25, 0.3) is 0 Å². The van der Waals surface area contributed by atoms with E-state index in [0.29, 0.717) is 12.8 Å². The Kier molecular flexibility index (Phi) is 1.24. The van der Waals surface area contributed by atoms with Gasteiger partial charge in [0, 0.05) is 0 Å². The van der Waals surface area contributed by atoms with E-state index in [1.54, 1.807) is 0 Å². The molecule has 1 aliphatic rings. The number of alkyl halides is 1. The lowest BCUT2D eigenvalue weighted by molar-refractivity contribution is 0.411. The van der Waals surface area contributed by atoms with Crippen molar-refractivity contribution in [2.24, 2.45) is 5.10 Å². The third-order valence-corrected chi connectivity index (χ3v) is 1.54. The molecule has 0 saturated heterocycles. The zero-order valence-electron chi connectivity index (χ0n) is 5.81. The summed E-state index contributed by atoms with van der Waals surface area (Å²) < 4.78 is 12.9. The lowest BCUT2D eigenvalue weighted by Gasteiger charge is -1.91. The van der Waals surface area contributed by atoms with Crippen molar-refractivity contribution in [3.05, 3.63) is 12.7 Å². The van der Waals surface area contributed by atoms with Gasteiger partial charge in [-0.05, 0) is 12.8 Å². The highest BCUT2D eigenvalue weighted by molar-refractivity contribution is 5.72. The van der Waals surface area contributed by atoms with Crippen LogP contribution in [0.15, 0.2) is 17.8 Å². The molecule has 1 aromatic heterocycles. The van der Waals surface area contributed by atoms with Gasteiger partial charge >= 0.3 is 0 Å². The van der Waals surface area contributed by atoms with Crippen molar-refractivity contribution >= 4 is 6.21 Å². The van der Waals surface area contributed by atoms with Gasteiger partial charge in [-0.25, -0.2) is 9.37 Å². The number of halogens is 1. The van der Waals surface area contributed by atoms with Gasteiger partial charge < -0.3 is 0 Å². The Bertz CT molecular complexity index is 262. The SMILES string of the molecule is FC1(/C=N/n2cncn2)CC1. The van der Waals surface area contributed by atoms with Gasteiger partial charge in [0.05, 0.1) is 6.21 Å². The Labute approximate surface area is 62.7 Å². The van der Waals surface area contributed by atoms with E-state index >= 15 is 0 Å². The minimum atomic E-state index is -1.16. The zero-order valence-corrected chi connectivity index (χ0v) is 5.81. The number of nitrogens with zero attached hydrogens (tertiary/aromatic N) is 4. The van der Waals surface area contributed by atoms with Crippen LogP contribution in [0.3, 0.4) is 0 Å². The van der Waals surface area contributed by atoms with E-state index in [1.807, 2.05) is 0 Å². The van der Waals surface area contributed by atoms with Crippen LogP contribution >= 0.6 is 0 Å². The maximum Gasteiger partial charge on any atom is 0.148 e. The molecule has 0 N–H and O–H groups in total. The van der Waals surface area contributed by atoms with Crippen LogP contribution in [-0.4, -0.2) is 26.8 Å². The van der Waals surface area contributed by atoms with E-state index in [4.69, 9.17) is 0 Å². The van der Waals surface area contributed by atoms with E-state index < -0.39 is 5.67 Å². The van der Waals surface area contributed by atoms with Gasteiger partial charge in [0.2, 0.25) is 0 Å². The van der Waals surface area contributed by atoms with Crippen LogP contribution in [-0.2, 0) is 0 Å². The van der Waals surface area contributed by atoms with Gasteiger partial charge in [-0.1, -0.05) is 0 Å². The Balaban J connectivity index is 2.05. The van der Waals surface area contributed by atoms with Crippen molar-refractivity contribution < 1.29 is 4.39 Å². The van der Waals surface area contributed by atoms with Crippen molar-refractivity contribution in [1.82, 2.24) is 14.9 Å². The summed E-state index contributed by atoms with van der Waals surface area (Å²) >= 11 is 0. The third-order valence-electron chi connectivity index (χ3n) is 1.54. The fourth-order valence-electron chi connectivity index (χ4n) is 0.673. The van der Waals surface area contributed by atoms with Crippen LogP contribution in [0.2, 0.25) is 0 Å². The molecule has 1 aromatic rings. The maximum atomic E-state index is 12.9. The predicted octanol–water partition coefficient (Wildman–Crippen LogP) is 0.614. The smallest absolute Gasteiger partial charge is 0.148 e. The summed E-state index contributed by atoms with van der Waals surface area (Å²) in [7, 11) is 0. The van der Waals surface area contributed by atoms with Crippen molar-refractivity contribution in [1.29, 1.82) is 0 Å². The second-order valence-electron chi connectivity index (χ2n) is 2.60. The van der Waals surface area contributed by atoms with Crippen LogP contribution in [0, 0.1) is 0 Å². The standard InChI is InChI=1S/C6H7FN4/c7-6(1-2-6)3-9-11-5-8-4-10-11/h3-5H,1-2H2/b9-3+. The molecule has 0 spiro atoms. The quantitative estimate of drug-likeness (QED) is 0.586. The molecule has 5 heteroatoms. The van der Waals surface area contributed by atoms with Crippen molar-refractivity contribution in [2.75, 3.05) is 0 Å². The highest BCUT2D eigenvalue weighted by atomic mass is 19.1. The molecule has 4 nitrogen and oxygen atoms in total. The molecule has 58 valence electrons. The van der Waals surface area contributed by atoms with Gasteiger partial charge in [-0.15, -0.1) is 9.89 Å². The number of hydrogen-bond acceptors (Lipinski definition) is 3. The molecule has 2 rings (SSSR count). The van der Waals surface area contributed by atoms with E-state index in [0.717, 1.165) is 0 Å². The van der Waals surface area contributed by atoms with E-state index in [9.17, 15) is 4.39 Å². The Morgan fingerprint density at radius 2 is 2.45 bits per heavy atom. The molecule has 0 atom stereocenters. The number of rotatable bonds is 2. The van der Waals surface area contributed by atoms with Crippen LogP contribution in [0.4, 0.5) is 4.39 Å². The Hall–Kier alpha value is -1.26. The first kappa shape index (κ1) is 6.45. The topological polar surface area (TPSA) is 43.1 Å². The van der Waals surface area contributed by atoms with Crippen LogP contribution < -0.4 is 0 Å². The summed E-state index contributed by atoms with van der Waals surface area (Å²) in [6.45, 7) is 0. The molecule has 1 saturated carbocycles. The lowest BCUT2D eigenvalue weighted by Crippen LogP contribution is -2.02. The summed E-state index contributed by atoms with van der Waals surface area (Å²) in [5.41, 5.74) is -1.16. The second kappa shape index (κ2) is 2.11. The van der Waals surface area contributed by atoms with Gasteiger partial charge in [-0.3, -0.25) is 0 Å². The molecule has 1 heterocycles. The van der Waals surface area contributed by atoms with E-state index in [2.05, 4.69) is 15.2 Å². The van der Waals surface area contributed by atoms with Crippen molar-refractivity contribution in [3.63, 3.8) is 0 Å². The molecule has 1 aliphatic carbocycles. The molecule has 0 unspecified atom stereocenters. The van der Waals surface area contributed by atoms with Gasteiger partial charge in [-0.2, -0.15) is 5.10 Å². The van der Waals surface area contributed by atoms with Crippen LogP contribution in [0.5, 0.6) is 0 Å². The molecular weight excluding hydrogens is 147 g/mol. The van der Waals surface area contributed by atoms with Crippen molar-refractivity contribution in [3.8, 4) is 0 Å². The lowest BCUT2D eigenvalue weighted by atomic mass is 10.4. The molecule has 0 bridgehead atoms. The zero-order chi connectivity index (χ0) is 7.73. The summed E-state index contributed by atoms with van der Waals surface area (Å²) in [6, 6.07) is 0. The highest BCUT2D eigenvalue weighted by Crippen LogP contribution is 2.37. The minimum Gasteiger partial charge on any atom is -0.238 e. The van der Waals surface area contributed by atoms with Gasteiger partial charge in [0.1, 0.15) is 18.3 Å². The molecule has 0 radical (unpaired) electrons. The monoisotopic (exact) mass is 154 g/mol. The number of aromatic nitrogens is 3. The largest absolute Gasteiger partial charge is 0.238 e. The fourth-order valence-corrected chi connectivity index (χ4v) is 0.673. The summed E-state index contributed by atoms with van der Waals surface area (Å²) in [4.78, 5) is 4.89. The van der Waals surface area contributed by atoms with Gasteiger partial charge in [0.25, 0.3) is 0 Å². The van der Waals surface area contributed by atoms with Crippen molar-refractivity contribution in [2.45, 2.75) is 18.5 Å². The predicted molar refractivity (Wildman–Crippen MR) is 37.0 cm³/mol. The molecular formula is C6H7FN4. The van der Waals surface area contributed by atoms with Crippen LogP contribution in [0.1, 0.15) is 12.8 Å². The Morgan fingerprint density at radius 1 is 1.64 bits per heavy atom. The fraction of sp³-hybridized carbons (Fsp3) is 0.500. The summed E-state index contributed by atoms with van der Waals surface area (Å²) in [6.07, 6.45) is 5.20. The second-order valence-corrected chi connectivity index (χ2v) is 2.60. The molecule has 0 aromatic carbocycles. The molecule has 0 amide bonds. The average Bonchev–Trinajstić information content (AvgIpc) is 2.53. The first-order valence-electron chi connectivity index (χ1n) is 3.38. The normalized spacial score (nSPS) is 20.8. The maximum absolute atomic E-state index is 12.9. The molecule has 1 fully saturated rings. The first-order chi connectivity index (χ1) is 5.29. The minimum absolute atomic E-state index is 0.575. The Morgan fingerprint density at radius 3 is 3.00 bits per heavy atom. The first-order valence-corrected chi connectivity index (χ1v) is 3.38. The van der Waals surface area contributed by atoms with E-state index in [-0.39, 0.29) is 0 Å². The summed E-state index contributed by atoms with van der Waals surface area (Å²) in [5.74, 6) is 0. The highest BCUT2D eigenvalue weighted by Gasteiger charge is 2.41. The molecule has 11 heavy (non-hydrogen) atoms. The number of hydrogen-bond donors (Lipinski definition) is 0. The third kappa shape index (κ3) is 1.42. The molecule has 0 aliphatic heterocycles. The summed E-state index contributed by atoms with van der Waals surface area (Å²) in [5, 5.41) is 7.43. The average molecular weight is 154 g/mol. The van der Waals surface area contributed by atoms with E-state index in [1.165, 1.54) is 23.7 Å². The van der Waals surface area contributed by atoms with Gasteiger partial charge in [0.15, 0.2) is 0 Å².